The first-order valence-corrected chi connectivity index (χ1v) is 10.5. The van der Waals surface area contributed by atoms with E-state index in [4.69, 9.17) is 9.15 Å². The normalized spacial score (nSPS) is 16.3. The van der Waals surface area contributed by atoms with Crippen molar-refractivity contribution in [2.75, 3.05) is 32.8 Å². The van der Waals surface area contributed by atoms with E-state index in [2.05, 4.69) is 20.4 Å². The molecule has 7 nitrogen and oxygen atoms in total. The Labute approximate surface area is 182 Å². The number of aliphatic hydroxyl groups excluding tert-OH is 1. The fourth-order valence-electron chi connectivity index (χ4n) is 3.79. The zero-order chi connectivity index (χ0) is 22.4. The van der Waals surface area contributed by atoms with Crippen LogP contribution in [0.1, 0.15) is 36.0 Å². The van der Waals surface area contributed by atoms with E-state index in [0.717, 1.165) is 13.1 Å². The first-order chi connectivity index (χ1) is 15.0. The molecule has 0 bridgehead atoms. The predicted octanol–water partition coefficient (Wildman–Crippen LogP) is 2.35. The molecular formula is C24H29N2O5+. The van der Waals surface area contributed by atoms with Gasteiger partial charge in [-0.2, -0.15) is 0 Å². The largest absolute Gasteiger partial charge is 0.503 e. The minimum absolute atomic E-state index is 0.0363. The Morgan fingerprint density at radius 3 is 2.55 bits per heavy atom. The van der Waals surface area contributed by atoms with E-state index in [-0.39, 0.29) is 11.3 Å². The van der Waals surface area contributed by atoms with Crippen molar-refractivity contribution < 1.29 is 28.7 Å². The van der Waals surface area contributed by atoms with E-state index in [1.807, 2.05) is 12.1 Å². The number of benzene rings is 1. The summed E-state index contributed by atoms with van der Waals surface area (Å²) in [6.45, 7) is 11.2. The Bertz CT molecular complexity index is 943. The maximum atomic E-state index is 13.1. The summed E-state index contributed by atoms with van der Waals surface area (Å²) in [6, 6.07) is 9.60. The number of furan rings is 1. The number of hydrogen-bond acceptors (Lipinski definition) is 5. The van der Waals surface area contributed by atoms with Crippen molar-refractivity contribution in [3.8, 4) is 5.75 Å². The molecule has 2 N–H and O–H groups in total. The van der Waals surface area contributed by atoms with Gasteiger partial charge in [-0.15, -0.1) is 0 Å². The molecule has 1 aromatic heterocycles. The maximum Gasteiger partial charge on any atom is 0.290 e. The Kier molecular flexibility index (Phi) is 7.31. The molecule has 0 saturated carbocycles. The van der Waals surface area contributed by atoms with Crippen molar-refractivity contribution in [2.24, 2.45) is 0 Å². The van der Waals surface area contributed by atoms with Crippen LogP contribution >= 0.6 is 0 Å². The first kappa shape index (κ1) is 22.4. The van der Waals surface area contributed by atoms with Gasteiger partial charge in [-0.1, -0.05) is 24.8 Å². The second-order valence-corrected chi connectivity index (χ2v) is 7.35. The predicted molar refractivity (Wildman–Crippen MR) is 116 cm³/mol. The van der Waals surface area contributed by atoms with Crippen LogP contribution in [-0.4, -0.2) is 54.5 Å². The number of ketones is 1. The van der Waals surface area contributed by atoms with Crippen LogP contribution in [0.2, 0.25) is 0 Å². The van der Waals surface area contributed by atoms with E-state index in [9.17, 15) is 14.7 Å². The number of quaternary nitrogens is 1. The lowest BCUT2D eigenvalue weighted by Gasteiger charge is -2.28. The van der Waals surface area contributed by atoms with Crippen molar-refractivity contribution in [3.63, 3.8) is 0 Å². The smallest absolute Gasteiger partial charge is 0.290 e. The molecule has 2 heterocycles. The van der Waals surface area contributed by atoms with Crippen LogP contribution in [-0.2, 0) is 4.79 Å². The van der Waals surface area contributed by atoms with Gasteiger partial charge in [0, 0.05) is 0 Å². The molecule has 1 amide bonds. The zero-order valence-corrected chi connectivity index (χ0v) is 18.0. The molecule has 1 aliphatic heterocycles. The summed E-state index contributed by atoms with van der Waals surface area (Å²) in [5.74, 6) is -0.822. The number of rotatable bonds is 11. The van der Waals surface area contributed by atoms with E-state index >= 15 is 0 Å². The number of carbonyl (C=O) groups excluding carboxylic acids is 2. The third kappa shape index (κ3) is 4.72. The zero-order valence-electron chi connectivity index (χ0n) is 18.0. The third-order valence-corrected chi connectivity index (χ3v) is 5.56. The van der Waals surface area contributed by atoms with Gasteiger partial charge >= 0.3 is 0 Å². The summed E-state index contributed by atoms with van der Waals surface area (Å²) < 4.78 is 10.8. The highest BCUT2D eigenvalue weighted by Crippen LogP contribution is 2.39. The van der Waals surface area contributed by atoms with Crippen molar-refractivity contribution in [1.29, 1.82) is 0 Å². The number of Topliss-reactive ketones (excluding diaryl/α,β-unsaturated/α-hetero) is 1. The minimum Gasteiger partial charge on any atom is -0.503 e. The molecule has 0 radical (unpaired) electrons. The average Bonchev–Trinajstić information content (AvgIpc) is 3.41. The molecular weight excluding hydrogens is 396 g/mol. The van der Waals surface area contributed by atoms with Crippen LogP contribution in [0.4, 0.5) is 0 Å². The highest BCUT2D eigenvalue weighted by Gasteiger charge is 2.44. The number of nitrogens with zero attached hydrogens (tertiary/aromatic N) is 1. The lowest BCUT2D eigenvalue weighted by atomic mass is 9.95. The molecule has 2 aromatic rings. The summed E-state index contributed by atoms with van der Waals surface area (Å²) in [5.41, 5.74) is 0.752. The first-order valence-electron chi connectivity index (χ1n) is 10.5. The molecule has 1 aromatic carbocycles. The molecule has 1 aliphatic rings. The molecule has 0 aliphatic carbocycles. The van der Waals surface area contributed by atoms with Crippen molar-refractivity contribution in [3.05, 3.63) is 78.0 Å². The molecule has 0 fully saturated rings. The quantitative estimate of drug-likeness (QED) is 0.427. The number of amides is 1. The Hall–Kier alpha value is -3.32. The second kappa shape index (κ2) is 10.1. The average molecular weight is 426 g/mol. The third-order valence-electron chi connectivity index (χ3n) is 5.56. The van der Waals surface area contributed by atoms with Crippen molar-refractivity contribution >= 4 is 11.7 Å². The van der Waals surface area contributed by atoms with E-state index in [0.29, 0.717) is 31.0 Å². The van der Waals surface area contributed by atoms with Crippen LogP contribution in [0, 0.1) is 0 Å². The molecule has 0 unspecified atom stereocenters. The summed E-state index contributed by atoms with van der Waals surface area (Å²) in [5, 5.41) is 10.7. The Morgan fingerprint density at radius 2 is 1.97 bits per heavy atom. The Morgan fingerprint density at radius 1 is 1.26 bits per heavy atom. The highest BCUT2D eigenvalue weighted by atomic mass is 16.5. The number of ether oxygens (including phenoxy) is 1. The van der Waals surface area contributed by atoms with Gasteiger partial charge in [0.25, 0.3) is 5.91 Å². The van der Waals surface area contributed by atoms with Gasteiger partial charge in [0.05, 0.1) is 44.1 Å². The number of carbonyl (C=O) groups is 2. The number of nitrogens with one attached hydrogen (secondary N) is 1. The lowest BCUT2D eigenvalue weighted by molar-refractivity contribution is -0.895. The summed E-state index contributed by atoms with van der Waals surface area (Å²) in [7, 11) is 0. The molecule has 7 heteroatoms. The van der Waals surface area contributed by atoms with E-state index in [1.165, 1.54) is 17.2 Å². The molecule has 164 valence electrons. The van der Waals surface area contributed by atoms with Gasteiger partial charge in [0.1, 0.15) is 12.4 Å². The maximum absolute atomic E-state index is 13.1. The van der Waals surface area contributed by atoms with Crippen molar-refractivity contribution in [1.82, 2.24) is 4.90 Å². The van der Waals surface area contributed by atoms with E-state index in [1.54, 1.807) is 29.2 Å². The summed E-state index contributed by atoms with van der Waals surface area (Å²) in [4.78, 5) is 29.0. The van der Waals surface area contributed by atoms with Gasteiger partial charge in [0.2, 0.25) is 5.78 Å². The number of hydrogen-bond donors (Lipinski definition) is 2. The molecule has 0 spiro atoms. The summed E-state index contributed by atoms with van der Waals surface area (Å²) >= 11 is 0. The van der Waals surface area contributed by atoms with Gasteiger partial charge in [0.15, 0.2) is 11.5 Å². The van der Waals surface area contributed by atoms with E-state index < -0.39 is 23.5 Å². The van der Waals surface area contributed by atoms with Crippen molar-refractivity contribution in [2.45, 2.75) is 19.9 Å². The molecule has 0 saturated heterocycles. The minimum atomic E-state index is -0.700. The number of aliphatic hydroxyl groups is 1. The van der Waals surface area contributed by atoms with Crippen LogP contribution < -0.4 is 9.64 Å². The summed E-state index contributed by atoms with van der Waals surface area (Å²) in [6.07, 6.45) is 3.05. The monoisotopic (exact) mass is 425 g/mol. The second-order valence-electron chi connectivity index (χ2n) is 7.35. The lowest BCUT2D eigenvalue weighted by Crippen LogP contribution is -3.12. The molecule has 31 heavy (non-hydrogen) atoms. The molecule has 1 atom stereocenters. The van der Waals surface area contributed by atoms with Crippen LogP contribution in [0.3, 0.4) is 0 Å². The van der Waals surface area contributed by atoms with Gasteiger partial charge in [-0.25, -0.2) is 0 Å². The van der Waals surface area contributed by atoms with Crippen LogP contribution in [0.25, 0.3) is 0 Å². The van der Waals surface area contributed by atoms with Gasteiger partial charge < -0.3 is 24.1 Å². The van der Waals surface area contributed by atoms with Gasteiger partial charge in [-0.05, 0) is 43.7 Å². The Balaban J connectivity index is 1.96. The standard InChI is InChI=1S/C24H28N2O5/c1-4-15-30-18-11-9-17(10-12-18)21-20(22(27)19-8-7-16-31-19)23(28)24(29)26(21)14-13-25(5-2)6-3/h4,7-12,16,21,28H,1,5-6,13-15H2,2-3H3/p+1/t21-/m1/s1. The van der Waals surface area contributed by atoms with Gasteiger partial charge in [-0.3, -0.25) is 9.59 Å². The topological polar surface area (TPSA) is 84.4 Å². The van der Waals surface area contributed by atoms with Crippen LogP contribution in [0.5, 0.6) is 5.75 Å². The molecule has 3 rings (SSSR count). The van der Waals surface area contributed by atoms with Crippen LogP contribution in [0.15, 0.2) is 71.1 Å². The number of likely N-dealkylation sites (N-methyl/N-ethyl adjacent to an activating group) is 1. The SMILES string of the molecule is C=CCOc1ccc([C@@H]2C(C(=O)c3ccco3)=C(O)C(=O)N2CC[NH+](CC)CC)cc1. The fourth-order valence-corrected chi connectivity index (χ4v) is 3.79. The fraction of sp³-hybridized carbons (Fsp3) is 0.333. The highest BCUT2D eigenvalue weighted by molar-refractivity contribution is 6.15.